The molecule has 0 amide bonds. The van der Waals surface area contributed by atoms with E-state index in [1.807, 2.05) is 62.4 Å². The number of anilines is 1. The SMILES string of the molecule is CC1(C)CC(CNc2ccccc2)=CC2=C1C=c1cc3c(cc1O2)=[N+](CCCCCC(=O)O)C(C)(C)C=C3CS(=O)(=O)[O-]. The number of nitrogens with one attached hydrogen (secondary N) is 1. The Bertz CT molecular complexity index is 1770. The van der Waals surface area contributed by atoms with Crippen LogP contribution in [0.1, 0.15) is 65.4 Å². The molecule has 0 spiro atoms. The topological polar surface area (TPSA) is 119 Å². The third-order valence-corrected chi connectivity index (χ3v) is 9.07. The Kier molecular flexibility index (Phi) is 8.42. The van der Waals surface area contributed by atoms with Gasteiger partial charge in [0.1, 0.15) is 18.1 Å². The van der Waals surface area contributed by atoms with E-state index in [1.54, 1.807) is 0 Å². The highest BCUT2D eigenvalue weighted by molar-refractivity contribution is 7.86. The van der Waals surface area contributed by atoms with Crippen LogP contribution < -0.4 is 25.2 Å². The molecule has 1 aliphatic carbocycles. The van der Waals surface area contributed by atoms with Crippen molar-refractivity contribution in [1.82, 2.24) is 4.58 Å². The summed E-state index contributed by atoms with van der Waals surface area (Å²) in [5.41, 5.74) is 3.82. The molecule has 2 aliphatic heterocycles. The van der Waals surface area contributed by atoms with Crippen LogP contribution >= 0.6 is 0 Å². The lowest BCUT2D eigenvalue weighted by Gasteiger charge is -2.35. The van der Waals surface area contributed by atoms with Crippen LogP contribution in [0.5, 0.6) is 5.75 Å². The van der Waals surface area contributed by atoms with Gasteiger partial charge in [-0.1, -0.05) is 32.0 Å². The van der Waals surface area contributed by atoms with E-state index in [0.717, 1.165) is 46.9 Å². The van der Waals surface area contributed by atoms with Crippen LogP contribution in [0.4, 0.5) is 5.69 Å². The van der Waals surface area contributed by atoms with Gasteiger partial charge in [0, 0.05) is 49.7 Å². The molecular formula is C34H40N2O6S. The molecule has 2 heterocycles. The molecular weight excluding hydrogens is 564 g/mol. The van der Waals surface area contributed by atoms with Crippen molar-refractivity contribution in [3.8, 4) is 5.75 Å². The fourth-order valence-corrected chi connectivity index (χ4v) is 7.04. The van der Waals surface area contributed by atoms with Crippen molar-refractivity contribution < 1.29 is 27.6 Å². The fourth-order valence-electron chi connectivity index (χ4n) is 6.42. The Labute approximate surface area is 253 Å². The number of hydrogen-bond donors (Lipinski definition) is 2. The summed E-state index contributed by atoms with van der Waals surface area (Å²) in [6, 6.07) is 14.0. The van der Waals surface area contributed by atoms with Crippen molar-refractivity contribution in [2.24, 2.45) is 5.41 Å². The van der Waals surface area contributed by atoms with Gasteiger partial charge in [-0.3, -0.25) is 4.79 Å². The highest BCUT2D eigenvalue weighted by Crippen LogP contribution is 2.42. The van der Waals surface area contributed by atoms with Crippen LogP contribution in [0.25, 0.3) is 11.6 Å². The van der Waals surface area contributed by atoms with Gasteiger partial charge in [-0.15, -0.1) is 0 Å². The first kappa shape index (κ1) is 30.8. The van der Waals surface area contributed by atoms with Crippen molar-refractivity contribution in [3.05, 3.63) is 87.7 Å². The number of unbranched alkanes of at least 4 members (excludes halogenated alkanes) is 2. The van der Waals surface area contributed by atoms with Gasteiger partial charge >= 0.3 is 5.97 Å². The second kappa shape index (κ2) is 11.8. The summed E-state index contributed by atoms with van der Waals surface area (Å²) in [7, 11) is -4.51. The molecule has 9 heteroatoms. The van der Waals surface area contributed by atoms with Crippen molar-refractivity contribution in [3.63, 3.8) is 0 Å². The number of para-hydroxylation sites is 1. The summed E-state index contributed by atoms with van der Waals surface area (Å²) < 4.78 is 44.6. The van der Waals surface area contributed by atoms with Crippen molar-refractivity contribution >= 4 is 33.4 Å². The predicted molar refractivity (Wildman–Crippen MR) is 168 cm³/mol. The number of aliphatic carboxylic acids is 1. The van der Waals surface area contributed by atoms with Gasteiger partial charge in [0.15, 0.2) is 5.54 Å². The van der Waals surface area contributed by atoms with Gasteiger partial charge in [-0.05, 0) is 72.3 Å². The monoisotopic (exact) mass is 604 g/mol. The molecule has 0 saturated carbocycles. The molecule has 5 rings (SSSR count). The molecule has 0 radical (unpaired) electrons. The average Bonchev–Trinajstić information content (AvgIpc) is 2.90. The van der Waals surface area contributed by atoms with Crippen molar-refractivity contribution in [1.29, 1.82) is 0 Å². The Morgan fingerprint density at radius 2 is 1.81 bits per heavy atom. The predicted octanol–water partition coefficient (Wildman–Crippen LogP) is 4.44. The minimum Gasteiger partial charge on any atom is -0.748 e. The van der Waals surface area contributed by atoms with E-state index in [1.165, 1.54) is 5.57 Å². The molecule has 0 fully saturated rings. The molecule has 3 aliphatic rings. The summed E-state index contributed by atoms with van der Waals surface area (Å²) in [5, 5.41) is 14.2. The summed E-state index contributed by atoms with van der Waals surface area (Å²) in [6.07, 6.45) is 9.23. The fraction of sp³-hybridized carbons (Fsp3) is 0.412. The van der Waals surface area contributed by atoms with Gasteiger partial charge in [-0.25, -0.2) is 13.0 Å². The van der Waals surface area contributed by atoms with Crippen LogP contribution in [-0.2, 0) is 14.9 Å². The molecule has 228 valence electrons. The van der Waals surface area contributed by atoms with Crippen molar-refractivity contribution in [2.45, 2.75) is 65.3 Å². The second-order valence-corrected chi connectivity index (χ2v) is 14.3. The van der Waals surface area contributed by atoms with Crippen LogP contribution in [0.2, 0.25) is 0 Å². The van der Waals surface area contributed by atoms with Crippen LogP contribution in [0.3, 0.4) is 0 Å². The first-order valence-electron chi connectivity index (χ1n) is 14.8. The molecule has 0 aromatic heterocycles. The Balaban J connectivity index is 1.55. The quantitative estimate of drug-likeness (QED) is 0.221. The second-order valence-electron chi connectivity index (χ2n) is 12.9. The zero-order valence-corrected chi connectivity index (χ0v) is 26.1. The van der Waals surface area contributed by atoms with E-state index >= 15 is 0 Å². The van der Waals surface area contributed by atoms with E-state index in [9.17, 15) is 17.8 Å². The maximum Gasteiger partial charge on any atom is 0.303 e. The molecule has 0 unspecified atom stereocenters. The number of allylic oxidation sites excluding steroid dienone is 2. The number of carboxylic acids is 1. The third-order valence-electron chi connectivity index (χ3n) is 8.40. The summed E-state index contributed by atoms with van der Waals surface area (Å²) >= 11 is 0. The van der Waals surface area contributed by atoms with Crippen LogP contribution in [-0.4, -0.2) is 48.4 Å². The van der Waals surface area contributed by atoms with E-state index in [0.29, 0.717) is 36.4 Å². The first-order chi connectivity index (χ1) is 20.2. The lowest BCUT2D eigenvalue weighted by atomic mass is 9.73. The van der Waals surface area contributed by atoms with E-state index in [4.69, 9.17) is 9.84 Å². The normalized spacial score (nSPS) is 18.3. The number of nitrogens with zero attached hydrogens (tertiary/aromatic N) is 1. The molecule has 0 atom stereocenters. The number of fused-ring (bicyclic) bond motifs is 2. The molecule has 0 bridgehead atoms. The molecule has 8 nitrogen and oxygen atoms in total. The molecule has 2 aromatic carbocycles. The molecule has 0 saturated heterocycles. The Hall–Kier alpha value is -3.69. The molecule has 43 heavy (non-hydrogen) atoms. The molecule has 2 aromatic rings. The van der Waals surface area contributed by atoms with Gasteiger partial charge < -0.3 is 19.7 Å². The number of hydrogen-bond acceptors (Lipinski definition) is 6. The van der Waals surface area contributed by atoms with Gasteiger partial charge in [0.25, 0.3) is 0 Å². The zero-order chi connectivity index (χ0) is 31.0. The van der Waals surface area contributed by atoms with Gasteiger partial charge in [-0.2, -0.15) is 0 Å². The minimum atomic E-state index is -4.51. The zero-order valence-electron chi connectivity index (χ0n) is 25.3. The maximum absolute atomic E-state index is 11.9. The van der Waals surface area contributed by atoms with Crippen LogP contribution in [0, 0.1) is 5.41 Å². The van der Waals surface area contributed by atoms with Crippen molar-refractivity contribution in [2.75, 3.05) is 24.2 Å². The number of carbonyl (C=O) groups is 1. The molecule has 2 N–H and O–H groups in total. The summed E-state index contributed by atoms with van der Waals surface area (Å²) in [6.45, 7) is 9.74. The number of rotatable bonds is 11. The smallest absolute Gasteiger partial charge is 0.303 e. The number of carboxylic acid groups (broad SMARTS) is 1. The average molecular weight is 605 g/mol. The number of benzene rings is 2. The number of ether oxygens (including phenoxy) is 1. The Morgan fingerprint density at radius 1 is 1.07 bits per heavy atom. The lowest BCUT2D eigenvalue weighted by Crippen LogP contribution is -2.50. The van der Waals surface area contributed by atoms with E-state index in [-0.39, 0.29) is 11.8 Å². The minimum absolute atomic E-state index is 0.132. The van der Waals surface area contributed by atoms with Gasteiger partial charge in [0.2, 0.25) is 5.36 Å². The standard InChI is InChI=1S/C34H40N2O6S/c1-33(2)19-23(21-35-26-11-7-5-8-12-26)15-31-28(33)17-24-16-27-25(22-43(39,40)41)20-34(3,4)36(29(27)18-30(24)42-31)14-10-6-9-13-32(37)38/h5,7-8,11-12,15-18,20,35H,6,9-10,13-14,19,21-22H2,1-4H3,(H-,37,38,39,40,41). The van der Waals surface area contributed by atoms with E-state index in [2.05, 4.69) is 35.9 Å². The highest BCUT2D eigenvalue weighted by Gasteiger charge is 2.37. The highest BCUT2D eigenvalue weighted by atomic mass is 32.2. The van der Waals surface area contributed by atoms with Gasteiger partial charge in [0.05, 0.1) is 27.5 Å². The maximum atomic E-state index is 11.9. The lowest BCUT2D eigenvalue weighted by molar-refractivity contribution is -0.137. The van der Waals surface area contributed by atoms with Crippen LogP contribution in [0.15, 0.2) is 71.5 Å². The third kappa shape index (κ3) is 7.11. The Morgan fingerprint density at radius 3 is 2.51 bits per heavy atom. The largest absolute Gasteiger partial charge is 0.748 e. The summed E-state index contributed by atoms with van der Waals surface area (Å²) in [4.78, 5) is 11.0. The van der Waals surface area contributed by atoms with E-state index < -0.39 is 27.4 Å². The first-order valence-corrected chi connectivity index (χ1v) is 16.4. The summed E-state index contributed by atoms with van der Waals surface area (Å²) in [5.74, 6) is 0.0966.